The molecule has 0 bridgehead atoms. The molecule has 0 radical (unpaired) electrons. The van der Waals surface area contributed by atoms with E-state index in [0.29, 0.717) is 6.42 Å². The molecule has 112 valence electrons. The van der Waals surface area contributed by atoms with E-state index in [1.54, 1.807) is 17.6 Å². The summed E-state index contributed by atoms with van der Waals surface area (Å²) in [7, 11) is 2.03. The quantitative estimate of drug-likeness (QED) is 0.583. The molecule has 22 heavy (non-hydrogen) atoms. The Balaban J connectivity index is 1.76. The fourth-order valence-corrected chi connectivity index (χ4v) is 3.20. The summed E-state index contributed by atoms with van der Waals surface area (Å²) in [5.74, 6) is -0.100. The first kappa shape index (κ1) is 14.5. The molecule has 0 atom stereocenters. The normalized spacial score (nSPS) is 11.4. The number of para-hydroxylation sites is 1. The summed E-state index contributed by atoms with van der Waals surface area (Å²) >= 11 is 1.57. The van der Waals surface area contributed by atoms with E-state index in [9.17, 15) is 4.79 Å². The van der Waals surface area contributed by atoms with Crippen molar-refractivity contribution in [1.29, 1.82) is 0 Å². The maximum absolute atomic E-state index is 11.8. The molecule has 0 unspecified atom stereocenters. The minimum Gasteiger partial charge on any atom is -0.347 e. The van der Waals surface area contributed by atoms with Crippen LogP contribution in [-0.4, -0.2) is 16.7 Å². The van der Waals surface area contributed by atoms with Crippen molar-refractivity contribution in [2.45, 2.75) is 13.3 Å². The van der Waals surface area contributed by atoms with Crippen LogP contribution in [0.25, 0.3) is 10.9 Å². The smallest absolute Gasteiger partial charge is 0.245 e. The van der Waals surface area contributed by atoms with Gasteiger partial charge in [-0.25, -0.2) is 5.43 Å². The zero-order valence-electron chi connectivity index (χ0n) is 12.5. The molecule has 1 N–H and O–H groups in total. The number of rotatable bonds is 4. The molecule has 2 aromatic heterocycles. The Bertz CT molecular complexity index is 831. The number of benzene rings is 1. The van der Waals surface area contributed by atoms with E-state index in [2.05, 4.69) is 34.2 Å². The molecule has 4 nitrogen and oxygen atoms in total. The molecule has 0 fully saturated rings. The largest absolute Gasteiger partial charge is 0.347 e. The highest BCUT2D eigenvalue weighted by molar-refractivity contribution is 7.10. The Morgan fingerprint density at radius 1 is 1.32 bits per heavy atom. The summed E-state index contributed by atoms with van der Waals surface area (Å²) in [6.45, 7) is 2.05. The van der Waals surface area contributed by atoms with E-state index < -0.39 is 0 Å². The van der Waals surface area contributed by atoms with Gasteiger partial charge in [-0.3, -0.25) is 4.79 Å². The predicted molar refractivity (Wildman–Crippen MR) is 91.4 cm³/mol. The second-order valence-corrected chi connectivity index (χ2v) is 6.16. The van der Waals surface area contributed by atoms with Crippen LogP contribution in [-0.2, 0) is 18.3 Å². The molecule has 0 spiro atoms. The number of hydrogen-bond acceptors (Lipinski definition) is 3. The third-order valence-corrected chi connectivity index (χ3v) is 4.62. The number of amides is 1. The van der Waals surface area contributed by atoms with Crippen LogP contribution < -0.4 is 5.43 Å². The number of hydrogen-bond donors (Lipinski definition) is 1. The van der Waals surface area contributed by atoms with Crippen molar-refractivity contribution in [3.05, 3.63) is 57.9 Å². The minimum absolute atomic E-state index is 0.100. The number of fused-ring (bicyclic) bond motifs is 1. The van der Waals surface area contributed by atoms with Gasteiger partial charge in [0.25, 0.3) is 0 Å². The van der Waals surface area contributed by atoms with E-state index in [1.165, 1.54) is 0 Å². The van der Waals surface area contributed by atoms with E-state index in [1.807, 2.05) is 36.7 Å². The number of carbonyl (C=O) groups excluding carboxylic acids is 1. The van der Waals surface area contributed by atoms with Gasteiger partial charge in [-0.1, -0.05) is 24.3 Å². The van der Waals surface area contributed by atoms with Gasteiger partial charge in [-0.15, -0.1) is 11.3 Å². The van der Waals surface area contributed by atoms with E-state index >= 15 is 0 Å². The number of aromatic nitrogens is 1. The molecule has 1 aromatic carbocycles. The predicted octanol–water partition coefficient (Wildman–Crippen LogP) is 3.24. The molecule has 5 heteroatoms. The van der Waals surface area contributed by atoms with Crippen LogP contribution in [0, 0.1) is 6.92 Å². The Morgan fingerprint density at radius 2 is 2.14 bits per heavy atom. The van der Waals surface area contributed by atoms with Crippen molar-refractivity contribution in [2.24, 2.45) is 12.1 Å². The van der Waals surface area contributed by atoms with E-state index in [0.717, 1.165) is 27.0 Å². The van der Waals surface area contributed by atoms with Crippen LogP contribution in [0.4, 0.5) is 0 Å². The number of aryl methyl sites for hydroxylation is 1. The topological polar surface area (TPSA) is 46.4 Å². The number of thiophene rings is 1. The van der Waals surface area contributed by atoms with Crippen LogP contribution in [0.1, 0.15) is 16.1 Å². The van der Waals surface area contributed by atoms with Crippen molar-refractivity contribution in [3.8, 4) is 0 Å². The zero-order chi connectivity index (χ0) is 15.5. The molecule has 0 aliphatic carbocycles. The Kier molecular flexibility index (Phi) is 4.06. The van der Waals surface area contributed by atoms with Crippen LogP contribution in [0.15, 0.2) is 46.9 Å². The average Bonchev–Trinajstić information content (AvgIpc) is 3.10. The summed E-state index contributed by atoms with van der Waals surface area (Å²) in [6.07, 6.45) is 2.09. The molecule has 3 aromatic rings. The number of nitrogens with one attached hydrogen (secondary N) is 1. The van der Waals surface area contributed by atoms with Crippen molar-refractivity contribution in [1.82, 2.24) is 9.99 Å². The highest BCUT2D eigenvalue weighted by Crippen LogP contribution is 2.22. The van der Waals surface area contributed by atoms with Crippen molar-refractivity contribution in [2.75, 3.05) is 0 Å². The van der Waals surface area contributed by atoms with Gasteiger partial charge in [0.15, 0.2) is 0 Å². The molecule has 0 saturated carbocycles. The summed E-state index contributed by atoms with van der Waals surface area (Å²) < 4.78 is 2.13. The SMILES string of the molecule is Cc1c(C=NNC(=O)Cc2cccs2)c2ccccc2n1C. The number of nitrogens with zero attached hydrogens (tertiary/aromatic N) is 2. The van der Waals surface area contributed by atoms with Crippen LogP contribution in [0.3, 0.4) is 0 Å². The second kappa shape index (κ2) is 6.15. The molecule has 3 rings (SSSR count). The highest BCUT2D eigenvalue weighted by Gasteiger charge is 2.09. The first-order valence-corrected chi connectivity index (χ1v) is 7.93. The monoisotopic (exact) mass is 311 g/mol. The van der Waals surface area contributed by atoms with Crippen LogP contribution in [0.5, 0.6) is 0 Å². The molecule has 1 amide bonds. The Morgan fingerprint density at radius 3 is 2.91 bits per heavy atom. The maximum atomic E-state index is 11.8. The molecule has 0 aliphatic rings. The first-order valence-electron chi connectivity index (χ1n) is 7.05. The molecule has 0 saturated heterocycles. The Labute approximate surface area is 133 Å². The first-order chi connectivity index (χ1) is 10.7. The van der Waals surface area contributed by atoms with Gasteiger partial charge in [0.2, 0.25) is 5.91 Å². The van der Waals surface area contributed by atoms with Gasteiger partial charge in [0.05, 0.1) is 12.6 Å². The lowest BCUT2D eigenvalue weighted by atomic mass is 10.1. The lowest BCUT2D eigenvalue weighted by molar-refractivity contribution is -0.120. The van der Waals surface area contributed by atoms with Gasteiger partial charge in [-0.2, -0.15) is 5.10 Å². The zero-order valence-corrected chi connectivity index (χ0v) is 13.4. The van der Waals surface area contributed by atoms with Crippen molar-refractivity contribution in [3.63, 3.8) is 0 Å². The summed E-state index contributed by atoms with van der Waals surface area (Å²) in [6, 6.07) is 12.1. The molecule has 2 heterocycles. The lowest BCUT2D eigenvalue weighted by Crippen LogP contribution is -2.19. The van der Waals surface area contributed by atoms with Gasteiger partial charge < -0.3 is 4.57 Å². The number of carbonyl (C=O) groups is 1. The van der Waals surface area contributed by atoms with Crippen LogP contribution in [0.2, 0.25) is 0 Å². The second-order valence-electron chi connectivity index (χ2n) is 5.12. The highest BCUT2D eigenvalue weighted by atomic mass is 32.1. The van der Waals surface area contributed by atoms with Crippen LogP contribution >= 0.6 is 11.3 Å². The molecular weight excluding hydrogens is 294 g/mol. The third kappa shape index (κ3) is 2.80. The van der Waals surface area contributed by atoms with E-state index in [4.69, 9.17) is 0 Å². The van der Waals surface area contributed by atoms with Gasteiger partial charge >= 0.3 is 0 Å². The summed E-state index contributed by atoms with van der Waals surface area (Å²) in [5.41, 5.74) is 5.92. The van der Waals surface area contributed by atoms with Crippen molar-refractivity contribution < 1.29 is 4.79 Å². The number of hydrazone groups is 1. The standard InChI is InChI=1S/C17H17N3OS/c1-12-15(14-7-3-4-8-16(14)20(12)2)11-18-19-17(21)10-13-6-5-9-22-13/h3-9,11H,10H2,1-2H3,(H,19,21). The lowest BCUT2D eigenvalue weighted by Gasteiger charge is -1.98. The average molecular weight is 311 g/mol. The van der Waals surface area contributed by atoms with E-state index in [-0.39, 0.29) is 5.91 Å². The molecular formula is C17H17N3OS. The van der Waals surface area contributed by atoms with Gasteiger partial charge in [0, 0.05) is 34.1 Å². The summed E-state index contributed by atoms with van der Waals surface area (Å²) in [5, 5.41) is 7.21. The fraction of sp³-hybridized carbons (Fsp3) is 0.176. The molecule has 0 aliphatic heterocycles. The van der Waals surface area contributed by atoms with Gasteiger partial charge in [-0.05, 0) is 24.4 Å². The van der Waals surface area contributed by atoms with Crippen molar-refractivity contribution >= 4 is 34.4 Å². The third-order valence-electron chi connectivity index (χ3n) is 3.75. The summed E-state index contributed by atoms with van der Waals surface area (Å²) in [4.78, 5) is 12.9. The Hall–Kier alpha value is -2.40. The van der Waals surface area contributed by atoms with Gasteiger partial charge in [0.1, 0.15) is 0 Å². The maximum Gasteiger partial charge on any atom is 0.245 e. The minimum atomic E-state index is -0.100. The fourth-order valence-electron chi connectivity index (χ4n) is 2.49.